The Labute approximate surface area is 123 Å². The third-order valence-corrected chi connectivity index (χ3v) is 5.40. The van der Waals surface area contributed by atoms with Crippen molar-refractivity contribution in [3.8, 4) is 0 Å². The minimum atomic E-state index is -0.764. The lowest BCUT2D eigenvalue weighted by atomic mass is 9.54. The van der Waals surface area contributed by atoms with Gasteiger partial charge >= 0.3 is 0 Å². The summed E-state index contributed by atoms with van der Waals surface area (Å²) in [7, 11) is 0. The maximum atomic E-state index is 12.9. The molecule has 2 rings (SSSR count). The quantitative estimate of drug-likeness (QED) is 0.863. The average Bonchev–Trinajstić information content (AvgIpc) is 2.36. The first kappa shape index (κ1) is 15.8. The predicted molar refractivity (Wildman–Crippen MR) is 80.3 cm³/mol. The fourth-order valence-electron chi connectivity index (χ4n) is 3.68. The molecule has 20 heavy (non-hydrogen) atoms. The molecular formula is C16H30N2O2. The van der Waals surface area contributed by atoms with Crippen LogP contribution in [0.1, 0.15) is 53.9 Å². The monoisotopic (exact) mass is 282 g/mol. The van der Waals surface area contributed by atoms with Crippen molar-refractivity contribution in [1.82, 2.24) is 4.90 Å². The van der Waals surface area contributed by atoms with Gasteiger partial charge in [0.1, 0.15) is 5.54 Å². The third-order valence-electron chi connectivity index (χ3n) is 5.40. The summed E-state index contributed by atoms with van der Waals surface area (Å²) < 4.78 is 5.72. The molecule has 116 valence electrons. The molecule has 0 radical (unpaired) electrons. The molecule has 0 aromatic carbocycles. The lowest BCUT2D eigenvalue weighted by Gasteiger charge is -2.59. The van der Waals surface area contributed by atoms with E-state index in [1.165, 1.54) is 6.42 Å². The Balaban J connectivity index is 2.09. The first-order valence-corrected chi connectivity index (χ1v) is 7.84. The van der Waals surface area contributed by atoms with E-state index >= 15 is 0 Å². The van der Waals surface area contributed by atoms with Gasteiger partial charge < -0.3 is 15.4 Å². The molecule has 1 heterocycles. The molecule has 1 amide bonds. The van der Waals surface area contributed by atoms with Crippen molar-refractivity contribution in [3.63, 3.8) is 0 Å². The maximum absolute atomic E-state index is 12.9. The Morgan fingerprint density at radius 2 is 2.00 bits per heavy atom. The fraction of sp³-hybridized carbons (Fsp3) is 0.938. The number of carbonyl (C=O) groups is 1. The van der Waals surface area contributed by atoms with Crippen molar-refractivity contribution in [1.29, 1.82) is 0 Å². The van der Waals surface area contributed by atoms with Crippen LogP contribution in [0.4, 0.5) is 0 Å². The van der Waals surface area contributed by atoms with Crippen molar-refractivity contribution < 1.29 is 9.53 Å². The highest BCUT2D eigenvalue weighted by Crippen LogP contribution is 2.51. The van der Waals surface area contributed by atoms with Gasteiger partial charge in [0, 0.05) is 31.5 Å². The van der Waals surface area contributed by atoms with Crippen LogP contribution < -0.4 is 5.73 Å². The highest BCUT2D eigenvalue weighted by molar-refractivity contribution is 5.89. The number of carbonyl (C=O) groups excluding carboxylic acids is 1. The van der Waals surface area contributed by atoms with E-state index < -0.39 is 5.54 Å². The normalized spacial score (nSPS) is 35.5. The van der Waals surface area contributed by atoms with Crippen molar-refractivity contribution >= 4 is 5.91 Å². The van der Waals surface area contributed by atoms with Crippen LogP contribution in [0.3, 0.4) is 0 Å². The second kappa shape index (κ2) is 4.99. The Kier molecular flexibility index (Phi) is 3.93. The lowest BCUT2D eigenvalue weighted by molar-refractivity contribution is -0.181. The molecule has 4 heteroatoms. The Bertz CT molecular complexity index is 392. The summed E-state index contributed by atoms with van der Waals surface area (Å²) in [4.78, 5) is 14.9. The summed E-state index contributed by atoms with van der Waals surface area (Å²) in [6, 6.07) is 0. The smallest absolute Gasteiger partial charge is 0.243 e. The van der Waals surface area contributed by atoms with E-state index in [-0.39, 0.29) is 22.8 Å². The van der Waals surface area contributed by atoms with Gasteiger partial charge in [-0.2, -0.15) is 0 Å². The van der Waals surface area contributed by atoms with Crippen LogP contribution in [-0.2, 0) is 9.53 Å². The summed E-state index contributed by atoms with van der Waals surface area (Å²) in [5, 5.41) is 0. The zero-order chi connectivity index (χ0) is 15.2. The molecule has 0 aromatic rings. The molecule has 1 saturated heterocycles. The van der Waals surface area contributed by atoms with E-state index in [1.807, 2.05) is 11.8 Å². The molecule has 0 spiro atoms. The van der Waals surface area contributed by atoms with E-state index in [2.05, 4.69) is 27.7 Å². The average molecular weight is 282 g/mol. The summed E-state index contributed by atoms with van der Waals surface area (Å²) in [5.41, 5.74) is 5.65. The number of nitrogens with two attached hydrogens (primary N) is 1. The molecule has 1 aliphatic carbocycles. The zero-order valence-electron chi connectivity index (χ0n) is 13.7. The van der Waals surface area contributed by atoms with Gasteiger partial charge in [0.05, 0.1) is 6.10 Å². The number of likely N-dealkylation sites (tertiary alicyclic amines) is 1. The van der Waals surface area contributed by atoms with E-state index in [4.69, 9.17) is 10.5 Å². The van der Waals surface area contributed by atoms with Gasteiger partial charge in [0.2, 0.25) is 5.91 Å². The van der Waals surface area contributed by atoms with E-state index in [9.17, 15) is 4.79 Å². The van der Waals surface area contributed by atoms with Crippen LogP contribution in [0.2, 0.25) is 0 Å². The largest absolute Gasteiger partial charge is 0.378 e. The van der Waals surface area contributed by atoms with Gasteiger partial charge in [-0.1, -0.05) is 27.7 Å². The van der Waals surface area contributed by atoms with Crippen LogP contribution in [0.5, 0.6) is 0 Å². The van der Waals surface area contributed by atoms with Crippen molar-refractivity contribution in [2.45, 2.75) is 65.5 Å². The SMILES string of the molecule is CCOC1CC(N)(C(=O)N2CCCC(C)(C)C2)C1(C)C. The molecule has 4 nitrogen and oxygen atoms in total. The number of hydrogen-bond acceptors (Lipinski definition) is 3. The molecule has 2 fully saturated rings. The predicted octanol–water partition coefficient (Wildman–Crippen LogP) is 2.17. The van der Waals surface area contributed by atoms with Crippen molar-refractivity contribution in [3.05, 3.63) is 0 Å². The summed E-state index contributed by atoms with van der Waals surface area (Å²) in [5.74, 6) is 0.117. The molecule has 2 N–H and O–H groups in total. The van der Waals surface area contributed by atoms with Gasteiger partial charge in [0.25, 0.3) is 0 Å². The highest BCUT2D eigenvalue weighted by Gasteiger charge is 2.63. The topological polar surface area (TPSA) is 55.6 Å². The lowest BCUT2D eigenvalue weighted by Crippen LogP contribution is -2.76. The number of hydrogen-bond donors (Lipinski definition) is 1. The molecule has 0 bridgehead atoms. The number of ether oxygens (including phenoxy) is 1. The van der Waals surface area contributed by atoms with Gasteiger partial charge in [0.15, 0.2) is 0 Å². The van der Waals surface area contributed by atoms with E-state index in [0.29, 0.717) is 13.0 Å². The fourth-order valence-corrected chi connectivity index (χ4v) is 3.68. The number of piperidine rings is 1. The Morgan fingerprint density at radius 1 is 1.35 bits per heavy atom. The first-order valence-electron chi connectivity index (χ1n) is 7.84. The van der Waals surface area contributed by atoms with Crippen LogP contribution in [0.25, 0.3) is 0 Å². The highest BCUT2D eigenvalue weighted by atomic mass is 16.5. The van der Waals surface area contributed by atoms with Crippen molar-refractivity contribution in [2.24, 2.45) is 16.6 Å². The number of rotatable bonds is 3. The van der Waals surface area contributed by atoms with Crippen LogP contribution in [-0.4, -0.2) is 42.1 Å². The van der Waals surface area contributed by atoms with Gasteiger partial charge in [-0.15, -0.1) is 0 Å². The number of amides is 1. The summed E-state index contributed by atoms with van der Waals surface area (Å²) in [6.07, 6.45) is 2.99. The summed E-state index contributed by atoms with van der Waals surface area (Å²) in [6.45, 7) is 12.9. The second-order valence-corrected chi connectivity index (χ2v) is 7.84. The van der Waals surface area contributed by atoms with Crippen molar-refractivity contribution in [2.75, 3.05) is 19.7 Å². The van der Waals surface area contributed by atoms with Gasteiger partial charge in [-0.05, 0) is 25.2 Å². The molecule has 2 aliphatic rings. The van der Waals surface area contributed by atoms with Gasteiger partial charge in [-0.25, -0.2) is 0 Å². The van der Waals surface area contributed by atoms with Crippen LogP contribution >= 0.6 is 0 Å². The minimum Gasteiger partial charge on any atom is -0.378 e. The van der Waals surface area contributed by atoms with E-state index in [0.717, 1.165) is 19.5 Å². The molecule has 2 atom stereocenters. The van der Waals surface area contributed by atoms with E-state index in [1.54, 1.807) is 0 Å². The number of nitrogens with zero attached hydrogens (tertiary/aromatic N) is 1. The Hall–Kier alpha value is -0.610. The maximum Gasteiger partial charge on any atom is 0.243 e. The second-order valence-electron chi connectivity index (χ2n) is 7.84. The molecule has 1 saturated carbocycles. The first-order chi connectivity index (χ1) is 9.14. The third kappa shape index (κ3) is 2.37. The van der Waals surface area contributed by atoms with Crippen LogP contribution in [0, 0.1) is 10.8 Å². The zero-order valence-corrected chi connectivity index (χ0v) is 13.7. The minimum absolute atomic E-state index is 0.0965. The Morgan fingerprint density at radius 3 is 2.50 bits per heavy atom. The standard InChI is InChI=1S/C16H30N2O2/c1-6-20-12-10-16(17,15(12,4)5)13(19)18-9-7-8-14(2,3)11-18/h12H,6-11,17H2,1-5H3. The summed E-state index contributed by atoms with van der Waals surface area (Å²) >= 11 is 0. The van der Waals surface area contributed by atoms with Gasteiger partial charge in [-0.3, -0.25) is 4.79 Å². The molecule has 0 aromatic heterocycles. The van der Waals surface area contributed by atoms with Crippen LogP contribution in [0.15, 0.2) is 0 Å². The molecule has 2 unspecified atom stereocenters. The molecule has 1 aliphatic heterocycles. The molecular weight excluding hydrogens is 252 g/mol.